The lowest BCUT2D eigenvalue weighted by molar-refractivity contribution is -0.115. The van der Waals surface area contributed by atoms with E-state index in [2.05, 4.69) is 43.2 Å². The van der Waals surface area contributed by atoms with Crippen LogP contribution in [0.15, 0.2) is 22.8 Å². The van der Waals surface area contributed by atoms with Gasteiger partial charge in [0.15, 0.2) is 5.13 Å². The second-order valence-corrected chi connectivity index (χ2v) is 8.53. The minimum atomic E-state index is -0.0366. The number of aromatic nitrogens is 1. The van der Waals surface area contributed by atoms with Gasteiger partial charge in [0.05, 0.1) is 18.4 Å². The highest BCUT2D eigenvalue weighted by molar-refractivity contribution is 7.15. The first-order valence-electron chi connectivity index (χ1n) is 9.30. The highest BCUT2D eigenvalue weighted by Gasteiger charge is 2.18. The van der Waals surface area contributed by atoms with Crippen LogP contribution in [0.4, 0.5) is 5.13 Å². The molecule has 3 aromatic rings. The molecule has 0 atom stereocenters. The van der Waals surface area contributed by atoms with Crippen molar-refractivity contribution in [1.29, 1.82) is 0 Å². The molecule has 26 heavy (non-hydrogen) atoms. The predicted molar refractivity (Wildman–Crippen MR) is 106 cm³/mol. The van der Waals surface area contributed by atoms with Crippen LogP contribution in [-0.4, -0.2) is 10.9 Å². The minimum Gasteiger partial charge on any atom is -0.464 e. The molecular weight excluding hydrogens is 344 g/mol. The Bertz CT molecular complexity index is 944. The van der Waals surface area contributed by atoms with Crippen LogP contribution in [0.1, 0.15) is 59.9 Å². The maximum absolute atomic E-state index is 12.5. The molecule has 2 heterocycles. The Morgan fingerprint density at radius 3 is 2.88 bits per heavy atom. The number of rotatable bonds is 4. The number of carbonyl (C=O) groups excluding carboxylic acids is 1. The number of amides is 1. The van der Waals surface area contributed by atoms with Gasteiger partial charge >= 0.3 is 0 Å². The number of benzene rings is 1. The van der Waals surface area contributed by atoms with E-state index in [1.807, 2.05) is 0 Å². The highest BCUT2D eigenvalue weighted by atomic mass is 32.1. The summed E-state index contributed by atoms with van der Waals surface area (Å²) in [5, 5.41) is 4.74. The lowest BCUT2D eigenvalue weighted by Gasteiger charge is -2.09. The Kier molecular flexibility index (Phi) is 4.57. The van der Waals surface area contributed by atoms with Crippen molar-refractivity contribution in [2.24, 2.45) is 0 Å². The molecular formula is C21H24N2O2S. The van der Waals surface area contributed by atoms with Gasteiger partial charge in [-0.2, -0.15) is 0 Å². The van der Waals surface area contributed by atoms with E-state index in [0.29, 0.717) is 12.3 Å². The zero-order valence-corrected chi connectivity index (χ0v) is 16.3. The zero-order valence-electron chi connectivity index (χ0n) is 15.5. The van der Waals surface area contributed by atoms with E-state index in [0.717, 1.165) is 34.5 Å². The van der Waals surface area contributed by atoms with Crippen LogP contribution in [0.25, 0.3) is 11.0 Å². The number of nitrogens with one attached hydrogen (secondary N) is 1. The van der Waals surface area contributed by atoms with E-state index in [1.165, 1.54) is 34.5 Å². The number of hydrogen-bond donors (Lipinski definition) is 1. The summed E-state index contributed by atoms with van der Waals surface area (Å²) in [6, 6.07) is 4.24. The number of thiazole rings is 1. The van der Waals surface area contributed by atoms with E-state index in [-0.39, 0.29) is 5.91 Å². The Morgan fingerprint density at radius 2 is 2.12 bits per heavy atom. The first kappa shape index (κ1) is 17.3. The Morgan fingerprint density at radius 1 is 1.31 bits per heavy atom. The van der Waals surface area contributed by atoms with E-state index < -0.39 is 0 Å². The molecule has 5 heteroatoms. The van der Waals surface area contributed by atoms with Crippen molar-refractivity contribution >= 4 is 33.3 Å². The Balaban J connectivity index is 1.54. The van der Waals surface area contributed by atoms with Crippen molar-refractivity contribution in [2.45, 2.75) is 58.8 Å². The van der Waals surface area contributed by atoms with Gasteiger partial charge in [-0.05, 0) is 61.8 Å². The summed E-state index contributed by atoms with van der Waals surface area (Å²) in [5.74, 6) is 0.406. The van der Waals surface area contributed by atoms with Gasteiger partial charge in [0.2, 0.25) is 5.91 Å². The monoisotopic (exact) mass is 368 g/mol. The number of anilines is 1. The minimum absolute atomic E-state index is 0.0366. The van der Waals surface area contributed by atoms with Gasteiger partial charge in [0.1, 0.15) is 5.58 Å². The third-order valence-corrected chi connectivity index (χ3v) is 6.18. The molecule has 4 rings (SSSR count). The smallest absolute Gasteiger partial charge is 0.230 e. The van der Waals surface area contributed by atoms with Gasteiger partial charge in [0.25, 0.3) is 0 Å². The molecule has 0 spiro atoms. The van der Waals surface area contributed by atoms with Crippen molar-refractivity contribution in [1.82, 2.24) is 4.98 Å². The third-order valence-electron chi connectivity index (χ3n) is 5.11. The fourth-order valence-corrected chi connectivity index (χ4v) is 4.81. The molecule has 0 unspecified atom stereocenters. The van der Waals surface area contributed by atoms with Gasteiger partial charge < -0.3 is 9.73 Å². The fraction of sp³-hybridized carbons (Fsp3) is 0.429. The summed E-state index contributed by atoms with van der Waals surface area (Å²) in [5.41, 5.74) is 5.47. The number of fused-ring (bicyclic) bond motifs is 2. The van der Waals surface area contributed by atoms with Crippen LogP contribution in [0.2, 0.25) is 0 Å². The van der Waals surface area contributed by atoms with Crippen molar-refractivity contribution in [2.75, 3.05) is 5.32 Å². The normalized spacial score (nSPS) is 14.0. The molecule has 2 aromatic heterocycles. The first-order valence-corrected chi connectivity index (χ1v) is 10.1. The number of hydrogen-bond acceptors (Lipinski definition) is 4. The predicted octanol–water partition coefficient (Wildman–Crippen LogP) is 5.38. The molecule has 0 fully saturated rings. The molecule has 0 bridgehead atoms. The van der Waals surface area contributed by atoms with E-state index in [1.54, 1.807) is 17.6 Å². The lowest BCUT2D eigenvalue weighted by atomic mass is 9.95. The average Bonchev–Trinajstić information content (AvgIpc) is 3.17. The molecule has 1 aliphatic carbocycles. The summed E-state index contributed by atoms with van der Waals surface area (Å²) < 4.78 is 5.69. The maximum atomic E-state index is 12.5. The molecule has 0 saturated heterocycles. The van der Waals surface area contributed by atoms with Gasteiger partial charge in [0, 0.05) is 15.8 Å². The molecule has 1 aliphatic rings. The first-order chi connectivity index (χ1) is 12.5. The van der Waals surface area contributed by atoms with Crippen LogP contribution in [-0.2, 0) is 24.1 Å². The number of furan rings is 1. The van der Waals surface area contributed by atoms with Gasteiger partial charge in [-0.3, -0.25) is 4.79 Å². The van der Waals surface area contributed by atoms with Crippen molar-refractivity contribution in [3.63, 3.8) is 0 Å². The number of aryl methyl sites for hydroxylation is 3. The van der Waals surface area contributed by atoms with Gasteiger partial charge in [-0.1, -0.05) is 13.8 Å². The SMILES string of the molecule is Cc1cc2occ(CC(=O)Nc3nc4c(s3)CCCC4)c2cc1C(C)C. The summed E-state index contributed by atoms with van der Waals surface area (Å²) in [7, 11) is 0. The van der Waals surface area contributed by atoms with Crippen molar-refractivity contribution < 1.29 is 9.21 Å². The quantitative estimate of drug-likeness (QED) is 0.672. The number of carbonyl (C=O) groups is 1. The van der Waals surface area contributed by atoms with Crippen LogP contribution >= 0.6 is 11.3 Å². The maximum Gasteiger partial charge on any atom is 0.230 e. The van der Waals surface area contributed by atoms with Gasteiger partial charge in [-0.25, -0.2) is 4.98 Å². The molecule has 136 valence electrons. The standard InChI is InChI=1S/C21H24N2O2S/c1-12(2)15-10-16-14(11-25-18(16)8-13(15)3)9-20(24)23-21-22-17-6-4-5-7-19(17)26-21/h8,10-12H,4-7,9H2,1-3H3,(H,22,23,24). The molecule has 0 aliphatic heterocycles. The van der Waals surface area contributed by atoms with E-state index in [9.17, 15) is 4.79 Å². The second kappa shape index (κ2) is 6.88. The van der Waals surface area contributed by atoms with Crippen LogP contribution < -0.4 is 5.32 Å². The molecule has 1 amide bonds. The fourth-order valence-electron chi connectivity index (χ4n) is 3.75. The van der Waals surface area contributed by atoms with Crippen LogP contribution in [0.5, 0.6) is 0 Å². The molecule has 4 nitrogen and oxygen atoms in total. The molecule has 0 radical (unpaired) electrons. The van der Waals surface area contributed by atoms with Crippen LogP contribution in [0, 0.1) is 6.92 Å². The molecule has 1 aromatic carbocycles. The summed E-state index contributed by atoms with van der Waals surface area (Å²) >= 11 is 1.62. The average molecular weight is 369 g/mol. The molecule has 0 saturated carbocycles. The second-order valence-electron chi connectivity index (χ2n) is 7.44. The lowest BCUT2D eigenvalue weighted by Crippen LogP contribution is -2.14. The number of nitrogens with zero attached hydrogens (tertiary/aromatic N) is 1. The highest BCUT2D eigenvalue weighted by Crippen LogP contribution is 2.31. The summed E-state index contributed by atoms with van der Waals surface area (Å²) in [4.78, 5) is 18.5. The largest absolute Gasteiger partial charge is 0.464 e. The summed E-state index contributed by atoms with van der Waals surface area (Å²) in [6.45, 7) is 6.48. The van der Waals surface area contributed by atoms with E-state index >= 15 is 0 Å². The van der Waals surface area contributed by atoms with Crippen LogP contribution in [0.3, 0.4) is 0 Å². The van der Waals surface area contributed by atoms with Gasteiger partial charge in [-0.15, -0.1) is 11.3 Å². The Hall–Kier alpha value is -2.14. The summed E-state index contributed by atoms with van der Waals surface area (Å²) in [6.07, 6.45) is 6.56. The van der Waals surface area contributed by atoms with E-state index in [4.69, 9.17) is 4.42 Å². The molecule has 1 N–H and O–H groups in total. The topological polar surface area (TPSA) is 55.1 Å². The zero-order chi connectivity index (χ0) is 18.3. The Labute approximate surface area is 157 Å². The third kappa shape index (κ3) is 3.28. The van der Waals surface area contributed by atoms with Crippen molar-refractivity contribution in [3.05, 3.63) is 45.7 Å². The van der Waals surface area contributed by atoms with Crippen molar-refractivity contribution in [3.8, 4) is 0 Å².